The van der Waals surface area contributed by atoms with Gasteiger partial charge >= 0.3 is 60.3 Å². The second kappa shape index (κ2) is 52.7. The van der Waals surface area contributed by atoms with E-state index < -0.39 is 0 Å². The van der Waals surface area contributed by atoms with Crippen LogP contribution in [0.5, 0.6) is 0 Å². The zero-order chi connectivity index (χ0) is 92.1. The van der Waals surface area contributed by atoms with Crippen molar-refractivity contribution in [2.45, 2.75) is 20.8 Å². The maximum Gasteiger partial charge on any atom is 3.00 e. The first kappa shape index (κ1) is 99.6. The van der Waals surface area contributed by atoms with E-state index in [4.69, 9.17) is 0 Å². The second-order valence-electron chi connectivity index (χ2n) is 30.9. The van der Waals surface area contributed by atoms with Gasteiger partial charge in [-0.2, -0.15) is 0 Å². The first-order chi connectivity index (χ1) is 66.8. The topological polar surface area (TPSA) is 116 Å². The molecule has 24 aromatic rings. The Balaban J connectivity index is 0.000000131. The normalized spacial score (nSPS) is 10.1. The summed E-state index contributed by atoms with van der Waals surface area (Å²) in [5, 5.41) is 14.3. The average molecular weight is 2310 g/mol. The molecule has 9 nitrogen and oxygen atoms in total. The van der Waals surface area contributed by atoms with Crippen molar-refractivity contribution >= 4 is 64.6 Å². The molecule has 0 spiro atoms. The fourth-order valence-electron chi connectivity index (χ4n) is 15.0. The van der Waals surface area contributed by atoms with Gasteiger partial charge in [-0.1, -0.05) is 181 Å². The molecule has 0 N–H and O–H groups in total. The van der Waals surface area contributed by atoms with Gasteiger partial charge in [-0.05, 0) is 191 Å². The van der Waals surface area contributed by atoms with Crippen LogP contribution in [0.4, 0.5) is 0 Å². The van der Waals surface area contributed by atoms with Gasteiger partial charge < -0.3 is 44.9 Å². The molecule has 0 unspecified atom stereocenters. The predicted molar refractivity (Wildman–Crippen MR) is 556 cm³/mol. The van der Waals surface area contributed by atoms with E-state index in [9.17, 15) is 0 Å². The Morgan fingerprint density at radius 3 is 0.616 bits per heavy atom. The molecule has 0 aliphatic carbocycles. The molecule has 666 valence electrons. The van der Waals surface area contributed by atoms with Crippen molar-refractivity contribution in [3.8, 4) is 101 Å². The van der Waals surface area contributed by atoms with Gasteiger partial charge in [0.1, 0.15) is 0 Å². The molecule has 0 aliphatic rings. The van der Waals surface area contributed by atoms with Crippen LogP contribution < -0.4 is 0 Å². The fourth-order valence-corrected chi connectivity index (χ4v) is 15.0. The van der Waals surface area contributed by atoms with Crippen molar-refractivity contribution < 1.29 is 60.3 Å². The third-order valence-electron chi connectivity index (χ3n) is 21.6. The van der Waals surface area contributed by atoms with Gasteiger partial charge in [0, 0.05) is 55.8 Å². The predicted octanol–water partition coefficient (Wildman–Crippen LogP) is 30.8. The number of hydrogen-bond acceptors (Lipinski definition) is 9. The molecular weight excluding hydrogens is 2220 g/mol. The first-order valence-corrected chi connectivity index (χ1v) is 44.3. The van der Waals surface area contributed by atoms with Crippen LogP contribution in [0.15, 0.2) is 493 Å². The molecule has 0 aliphatic heterocycles. The smallest absolute Gasteiger partial charge is 0.305 e. The third kappa shape index (κ3) is 27.5. The van der Waals surface area contributed by atoms with E-state index >= 15 is 0 Å². The van der Waals surface area contributed by atoms with E-state index in [1.165, 1.54) is 81.3 Å². The van der Waals surface area contributed by atoms with Crippen LogP contribution >= 0.6 is 0 Å². The number of rotatable bonds is 9. The summed E-state index contributed by atoms with van der Waals surface area (Å²) in [4.78, 5) is 39.6. The molecule has 0 radical (unpaired) electrons. The van der Waals surface area contributed by atoms with Gasteiger partial charge in [0.25, 0.3) is 0 Å². The number of fused-ring (bicyclic) bond motifs is 6. The van der Waals surface area contributed by atoms with Crippen molar-refractivity contribution in [1.82, 2.24) is 44.9 Å². The Morgan fingerprint density at radius 1 is 0.159 bits per heavy atom. The Kier molecular flexibility index (Phi) is 38.1. The summed E-state index contributed by atoms with van der Waals surface area (Å²) in [6.45, 7) is 6.16. The van der Waals surface area contributed by atoms with Crippen LogP contribution in [0.3, 0.4) is 0 Å². The molecular formula is C126H90Ir3N9. The van der Waals surface area contributed by atoms with Crippen molar-refractivity contribution in [2.24, 2.45) is 0 Å². The van der Waals surface area contributed by atoms with Crippen LogP contribution in [0.25, 0.3) is 166 Å². The Hall–Kier alpha value is -15.8. The Morgan fingerprint density at radius 2 is 0.384 bits per heavy atom. The third-order valence-corrected chi connectivity index (χ3v) is 21.6. The minimum atomic E-state index is 0. The molecule has 9 aromatic heterocycles. The molecule has 0 saturated heterocycles. The first-order valence-electron chi connectivity index (χ1n) is 44.3. The molecule has 0 saturated carbocycles. The molecule has 138 heavy (non-hydrogen) atoms. The molecule has 9 heterocycles. The van der Waals surface area contributed by atoms with Crippen molar-refractivity contribution in [3.05, 3.63) is 564 Å². The molecule has 24 rings (SSSR count). The fraction of sp³-hybridized carbons (Fsp3) is 0.0238. The summed E-state index contributed by atoms with van der Waals surface area (Å²) >= 11 is 0. The standard InChI is InChI=1S/6C15H10N.3C12H10N.3Ir/c6*1-2-7-13(8-3-1)15-14-9-5-4-6-12(14)10-11-16-15;1-10-6-5-9-13-12(10)11-7-3-2-4-8-11;1-10-7-8-13-12(9-10)11-5-3-2-4-6-11;1-10-7-8-12(13-9-10)11-5-3-2-4-6-11;;;/h6*1-7,9-11H;2-7,9H,1H3;2*2-5,7-9H,1H3;;;/q9*-1;3*+3. The van der Waals surface area contributed by atoms with E-state index in [1.54, 1.807) is 0 Å². The van der Waals surface area contributed by atoms with E-state index in [-0.39, 0.29) is 60.3 Å². The average Bonchev–Trinajstić information content (AvgIpc) is 0.824. The molecule has 0 bridgehead atoms. The largest absolute Gasteiger partial charge is 3.00 e. The zero-order valence-corrected chi connectivity index (χ0v) is 83.0. The number of hydrogen-bond donors (Lipinski definition) is 0. The summed E-state index contributed by atoms with van der Waals surface area (Å²) < 4.78 is 0. The van der Waals surface area contributed by atoms with Gasteiger partial charge in [-0.15, -0.1) is 323 Å². The number of aryl methyl sites for hydroxylation is 3. The number of aromatic nitrogens is 9. The Bertz CT molecular complexity index is 6880. The number of pyridine rings is 9. The van der Waals surface area contributed by atoms with E-state index in [0.717, 1.165) is 101 Å². The SMILES string of the molecule is Cc1ccc(-c2[c-]cccc2)nc1.Cc1cccnc1-c1[c-]cccc1.Cc1ccnc(-c2[c-]cccc2)c1.[Ir+3].[Ir+3].[Ir+3].[c-]1ccccc1-c1nccc2ccccc12.[c-]1ccccc1-c1nccc2ccccc12.[c-]1ccccc1-c1nccc2ccccc12.[c-]1ccccc1-c1nccc2ccccc12.[c-]1ccccc1-c1nccc2ccccc12.[c-]1ccccc1-c1nccc2ccccc12. The maximum atomic E-state index is 4.45. The van der Waals surface area contributed by atoms with Crippen LogP contribution in [0, 0.1) is 75.4 Å². The second-order valence-corrected chi connectivity index (χ2v) is 30.9. The van der Waals surface area contributed by atoms with E-state index in [1.807, 2.05) is 408 Å². The van der Waals surface area contributed by atoms with Crippen LogP contribution in [0.1, 0.15) is 16.7 Å². The van der Waals surface area contributed by atoms with Crippen LogP contribution in [-0.4, -0.2) is 44.9 Å². The minimum absolute atomic E-state index is 0. The minimum Gasteiger partial charge on any atom is -0.305 e. The van der Waals surface area contributed by atoms with E-state index in [0.29, 0.717) is 0 Å². The van der Waals surface area contributed by atoms with Gasteiger partial charge in [0.15, 0.2) is 0 Å². The molecule has 0 atom stereocenters. The number of benzene rings is 15. The summed E-state index contributed by atoms with van der Waals surface area (Å²) in [6, 6.07) is 174. The van der Waals surface area contributed by atoms with Crippen molar-refractivity contribution in [2.75, 3.05) is 0 Å². The zero-order valence-electron chi connectivity index (χ0n) is 75.8. The van der Waals surface area contributed by atoms with Gasteiger partial charge in [0.2, 0.25) is 0 Å². The molecule has 0 fully saturated rings. The van der Waals surface area contributed by atoms with E-state index in [2.05, 4.69) is 204 Å². The molecule has 15 aromatic carbocycles. The molecule has 0 amide bonds. The van der Waals surface area contributed by atoms with Gasteiger partial charge in [-0.3, -0.25) is 0 Å². The maximum absolute atomic E-state index is 4.45. The van der Waals surface area contributed by atoms with Crippen molar-refractivity contribution in [3.63, 3.8) is 0 Å². The molecule has 12 heteroatoms. The summed E-state index contributed by atoms with van der Waals surface area (Å²) in [5.74, 6) is 0. The van der Waals surface area contributed by atoms with Gasteiger partial charge in [-0.25, -0.2) is 0 Å². The summed E-state index contributed by atoms with van der Waals surface area (Å²) in [7, 11) is 0. The van der Waals surface area contributed by atoms with Crippen molar-refractivity contribution in [1.29, 1.82) is 0 Å². The summed E-state index contributed by atoms with van der Waals surface area (Å²) in [5.41, 5.74) is 22.0. The quantitative estimate of drug-likeness (QED) is 0.130. The van der Waals surface area contributed by atoms with Crippen LogP contribution in [0.2, 0.25) is 0 Å². The monoisotopic (exact) mass is 2310 g/mol. The summed E-state index contributed by atoms with van der Waals surface area (Å²) in [6.07, 6.45) is 16.6. The Labute approximate surface area is 848 Å². The number of nitrogens with zero attached hydrogens (tertiary/aromatic N) is 9. The van der Waals surface area contributed by atoms with Crippen LogP contribution in [-0.2, 0) is 60.3 Å². The van der Waals surface area contributed by atoms with Gasteiger partial charge in [0.05, 0.1) is 0 Å².